The van der Waals surface area contributed by atoms with Crippen LogP contribution in [-0.4, -0.2) is 35.5 Å². The Morgan fingerprint density at radius 3 is 1.43 bits per heavy atom. The monoisotopic (exact) mass is 300 g/mol. The largest absolute Gasteiger partial charge is 0.444 e. The van der Waals surface area contributed by atoms with E-state index in [1.54, 1.807) is 0 Å². The van der Waals surface area contributed by atoms with Crippen LogP contribution in [0.4, 0.5) is 9.59 Å². The molecule has 1 aliphatic carbocycles. The van der Waals surface area contributed by atoms with Crippen LogP contribution < -0.4 is 10.6 Å². The van der Waals surface area contributed by atoms with Crippen LogP contribution in [0.25, 0.3) is 0 Å². The average molecular weight is 300 g/mol. The maximum atomic E-state index is 11.7. The van der Waals surface area contributed by atoms with Gasteiger partial charge in [-0.2, -0.15) is 0 Å². The van der Waals surface area contributed by atoms with Gasteiger partial charge in [0.25, 0.3) is 0 Å². The summed E-state index contributed by atoms with van der Waals surface area (Å²) in [5.41, 5.74) is -1.01. The zero-order valence-electron chi connectivity index (χ0n) is 13.9. The molecule has 2 N–H and O–H groups in total. The van der Waals surface area contributed by atoms with Crippen molar-refractivity contribution in [3.8, 4) is 0 Å². The van der Waals surface area contributed by atoms with Gasteiger partial charge in [0, 0.05) is 12.1 Å². The Hall–Kier alpha value is -1.46. The summed E-state index contributed by atoms with van der Waals surface area (Å²) in [5, 5.41) is 5.67. The van der Waals surface area contributed by atoms with E-state index < -0.39 is 23.4 Å². The lowest BCUT2D eigenvalue weighted by Gasteiger charge is -2.22. The molecule has 6 nitrogen and oxygen atoms in total. The molecule has 1 saturated carbocycles. The predicted octanol–water partition coefficient (Wildman–Crippen LogP) is 2.96. The second-order valence-corrected chi connectivity index (χ2v) is 7.50. The third kappa shape index (κ3) is 7.78. The van der Waals surface area contributed by atoms with Gasteiger partial charge in [0.1, 0.15) is 11.2 Å². The minimum atomic E-state index is -0.503. The molecule has 122 valence electrons. The Morgan fingerprint density at radius 1 is 0.810 bits per heavy atom. The highest BCUT2D eigenvalue weighted by atomic mass is 16.6. The maximum Gasteiger partial charge on any atom is 0.407 e. The molecule has 0 radical (unpaired) electrons. The van der Waals surface area contributed by atoms with Crippen molar-refractivity contribution in [2.45, 2.75) is 84.1 Å². The topological polar surface area (TPSA) is 76.7 Å². The van der Waals surface area contributed by atoms with Crippen molar-refractivity contribution < 1.29 is 19.1 Å². The zero-order chi connectivity index (χ0) is 16.3. The normalized spacial score (nSPS) is 22.6. The van der Waals surface area contributed by atoms with E-state index in [1.165, 1.54) is 0 Å². The molecule has 0 aromatic heterocycles. The fraction of sp³-hybridized carbons (Fsp3) is 0.867. The number of carbonyl (C=O) groups excluding carboxylic acids is 2. The number of amides is 2. The highest BCUT2D eigenvalue weighted by Gasteiger charge is 2.29. The molecule has 0 aliphatic heterocycles. The molecule has 0 spiro atoms. The average Bonchev–Trinajstić information content (AvgIpc) is 2.58. The van der Waals surface area contributed by atoms with Crippen molar-refractivity contribution in [2.24, 2.45) is 0 Å². The van der Waals surface area contributed by atoms with E-state index in [1.807, 2.05) is 41.5 Å². The van der Waals surface area contributed by atoms with Crippen molar-refractivity contribution in [3.63, 3.8) is 0 Å². The van der Waals surface area contributed by atoms with Crippen molar-refractivity contribution in [3.05, 3.63) is 0 Å². The molecular formula is C15H28N2O4. The minimum Gasteiger partial charge on any atom is -0.444 e. The fourth-order valence-electron chi connectivity index (χ4n) is 2.19. The van der Waals surface area contributed by atoms with Gasteiger partial charge in [0.05, 0.1) is 0 Å². The Bertz CT molecular complexity index is 346. The van der Waals surface area contributed by atoms with Crippen LogP contribution in [0.15, 0.2) is 0 Å². The standard InChI is InChI=1S/C15H28N2O4/c1-14(2,3)20-12(18)16-10-7-8-11(9-10)17-13(19)21-15(4,5)6/h10-11H,7-9H2,1-6H3,(H,16,18)(H,17,19)/t10-,11+. The number of alkyl carbamates (subject to hydrolysis) is 2. The number of hydrogen-bond donors (Lipinski definition) is 2. The molecule has 2 atom stereocenters. The third-order valence-corrected chi connectivity index (χ3v) is 2.87. The summed E-state index contributed by atoms with van der Waals surface area (Å²) >= 11 is 0. The highest BCUT2D eigenvalue weighted by Crippen LogP contribution is 2.20. The van der Waals surface area contributed by atoms with Gasteiger partial charge in [0.2, 0.25) is 0 Å². The fourth-order valence-corrected chi connectivity index (χ4v) is 2.19. The van der Waals surface area contributed by atoms with Gasteiger partial charge in [-0.3, -0.25) is 0 Å². The van der Waals surface area contributed by atoms with E-state index in [9.17, 15) is 9.59 Å². The van der Waals surface area contributed by atoms with E-state index in [0.29, 0.717) is 6.42 Å². The molecule has 1 fully saturated rings. The molecule has 21 heavy (non-hydrogen) atoms. The highest BCUT2D eigenvalue weighted by molar-refractivity contribution is 5.69. The number of carbonyl (C=O) groups is 2. The van der Waals surface area contributed by atoms with Crippen LogP contribution in [-0.2, 0) is 9.47 Å². The van der Waals surface area contributed by atoms with Crippen LogP contribution in [0.1, 0.15) is 60.8 Å². The summed E-state index contributed by atoms with van der Waals surface area (Å²) in [6, 6.07) is 0.0552. The van der Waals surface area contributed by atoms with E-state index in [0.717, 1.165) is 12.8 Å². The summed E-state index contributed by atoms with van der Waals surface area (Å²) < 4.78 is 10.4. The Kier molecular flexibility index (Phi) is 5.48. The van der Waals surface area contributed by atoms with Crippen molar-refractivity contribution in [2.75, 3.05) is 0 Å². The first-order valence-corrected chi connectivity index (χ1v) is 7.44. The number of nitrogens with one attached hydrogen (secondary N) is 2. The quantitative estimate of drug-likeness (QED) is 0.822. The molecule has 0 saturated heterocycles. The van der Waals surface area contributed by atoms with Gasteiger partial charge in [-0.1, -0.05) is 0 Å². The van der Waals surface area contributed by atoms with Gasteiger partial charge in [-0.15, -0.1) is 0 Å². The summed E-state index contributed by atoms with van der Waals surface area (Å²) in [4.78, 5) is 23.4. The summed E-state index contributed by atoms with van der Waals surface area (Å²) in [7, 11) is 0. The third-order valence-electron chi connectivity index (χ3n) is 2.87. The molecule has 0 aromatic carbocycles. The summed E-state index contributed by atoms with van der Waals surface area (Å²) in [6.07, 6.45) is 1.51. The smallest absolute Gasteiger partial charge is 0.407 e. The van der Waals surface area contributed by atoms with Crippen LogP contribution in [0.5, 0.6) is 0 Å². The zero-order valence-corrected chi connectivity index (χ0v) is 13.9. The van der Waals surface area contributed by atoms with Crippen molar-refractivity contribution in [1.82, 2.24) is 10.6 Å². The van der Waals surface area contributed by atoms with E-state index in [2.05, 4.69) is 10.6 Å². The van der Waals surface area contributed by atoms with E-state index >= 15 is 0 Å². The minimum absolute atomic E-state index is 0.0276. The van der Waals surface area contributed by atoms with Gasteiger partial charge in [-0.25, -0.2) is 9.59 Å². The molecule has 0 bridgehead atoms. The predicted molar refractivity (Wildman–Crippen MR) is 80.2 cm³/mol. The molecule has 0 aromatic rings. The molecule has 2 amide bonds. The number of rotatable bonds is 2. The molecule has 1 aliphatic rings. The summed E-state index contributed by atoms with van der Waals surface area (Å²) in [5.74, 6) is 0. The lowest BCUT2D eigenvalue weighted by Crippen LogP contribution is -2.41. The van der Waals surface area contributed by atoms with Crippen LogP contribution in [0.2, 0.25) is 0 Å². The molecule has 1 rings (SSSR count). The van der Waals surface area contributed by atoms with Crippen LogP contribution >= 0.6 is 0 Å². The van der Waals surface area contributed by atoms with Gasteiger partial charge < -0.3 is 20.1 Å². The molecule has 0 unspecified atom stereocenters. The lowest BCUT2D eigenvalue weighted by molar-refractivity contribution is 0.0503. The lowest BCUT2D eigenvalue weighted by atomic mass is 10.2. The first-order valence-electron chi connectivity index (χ1n) is 7.44. The second kappa shape index (κ2) is 6.54. The maximum absolute atomic E-state index is 11.7. The van der Waals surface area contributed by atoms with Gasteiger partial charge >= 0.3 is 12.2 Å². The molecule has 0 heterocycles. The first kappa shape index (κ1) is 17.6. The van der Waals surface area contributed by atoms with Crippen molar-refractivity contribution >= 4 is 12.2 Å². The molecular weight excluding hydrogens is 272 g/mol. The summed E-state index contributed by atoms with van der Waals surface area (Å²) in [6.45, 7) is 11.0. The van der Waals surface area contributed by atoms with Gasteiger partial charge in [0.15, 0.2) is 0 Å². The Balaban J connectivity index is 2.33. The van der Waals surface area contributed by atoms with E-state index in [-0.39, 0.29) is 12.1 Å². The number of hydrogen-bond acceptors (Lipinski definition) is 4. The Morgan fingerprint density at radius 2 is 1.14 bits per heavy atom. The molecule has 6 heteroatoms. The number of ether oxygens (including phenoxy) is 2. The van der Waals surface area contributed by atoms with E-state index in [4.69, 9.17) is 9.47 Å². The SMILES string of the molecule is CC(C)(C)OC(=O)N[C@@H]1CC[C@H](NC(=O)OC(C)(C)C)C1. The second-order valence-electron chi connectivity index (χ2n) is 7.50. The van der Waals surface area contributed by atoms with Gasteiger partial charge in [-0.05, 0) is 60.8 Å². The van der Waals surface area contributed by atoms with Crippen molar-refractivity contribution in [1.29, 1.82) is 0 Å². The Labute approximate surface area is 126 Å². The van der Waals surface area contributed by atoms with Crippen LogP contribution in [0.3, 0.4) is 0 Å². The van der Waals surface area contributed by atoms with Crippen LogP contribution in [0, 0.1) is 0 Å². The first-order chi connectivity index (χ1) is 9.44.